The van der Waals surface area contributed by atoms with Gasteiger partial charge in [0, 0.05) is 6.04 Å². The van der Waals surface area contributed by atoms with Crippen LogP contribution >= 0.6 is 0 Å². The van der Waals surface area contributed by atoms with Gasteiger partial charge in [0.15, 0.2) is 0 Å². The highest BCUT2D eigenvalue weighted by atomic mass is 16.5. The van der Waals surface area contributed by atoms with Gasteiger partial charge in [-0.25, -0.2) is 0 Å². The molecule has 1 atom stereocenters. The Labute approximate surface area is 98.3 Å². The van der Waals surface area contributed by atoms with Gasteiger partial charge in [0.25, 0.3) is 0 Å². The first-order chi connectivity index (χ1) is 7.61. The average molecular weight is 219 g/mol. The van der Waals surface area contributed by atoms with Gasteiger partial charge in [-0.3, -0.25) is 0 Å². The number of likely N-dealkylation sites (N-methyl/N-ethyl adjacent to an activating group) is 1. The normalized spacial score (nSPS) is 13.3. The van der Waals surface area contributed by atoms with Crippen molar-refractivity contribution in [1.29, 1.82) is 0 Å². The smallest absolute Gasteiger partial charge is 0.119 e. The molecule has 2 heteroatoms. The molecule has 1 rings (SSSR count). The van der Waals surface area contributed by atoms with Crippen molar-refractivity contribution in [2.75, 3.05) is 7.05 Å². The third kappa shape index (κ3) is 4.49. The maximum atomic E-state index is 5.58. The topological polar surface area (TPSA) is 21.3 Å². The third-order valence-corrected chi connectivity index (χ3v) is 2.28. The van der Waals surface area contributed by atoms with E-state index in [-0.39, 0.29) is 6.10 Å². The Morgan fingerprint density at radius 1 is 1.12 bits per heavy atom. The van der Waals surface area contributed by atoms with Crippen LogP contribution in [-0.4, -0.2) is 19.2 Å². The van der Waals surface area contributed by atoms with Crippen molar-refractivity contribution in [2.45, 2.75) is 32.9 Å². The van der Waals surface area contributed by atoms with Gasteiger partial charge in [0.2, 0.25) is 0 Å². The molecule has 88 valence electrons. The highest BCUT2D eigenvalue weighted by Gasteiger charge is 1.96. The zero-order chi connectivity index (χ0) is 12.0. The average Bonchev–Trinajstić information content (AvgIpc) is 2.27. The summed E-state index contributed by atoms with van der Waals surface area (Å²) in [7, 11) is 1.95. The maximum Gasteiger partial charge on any atom is 0.119 e. The molecule has 1 aromatic rings. The molecule has 0 aliphatic heterocycles. The van der Waals surface area contributed by atoms with Crippen molar-refractivity contribution in [2.24, 2.45) is 0 Å². The molecule has 0 heterocycles. The molecule has 0 saturated heterocycles. The lowest BCUT2D eigenvalue weighted by atomic mass is 10.2. The van der Waals surface area contributed by atoms with Crippen molar-refractivity contribution in [3.05, 3.63) is 35.9 Å². The monoisotopic (exact) mass is 219 g/mol. The summed E-state index contributed by atoms with van der Waals surface area (Å²) >= 11 is 0. The van der Waals surface area contributed by atoms with Crippen LogP contribution in [0, 0.1) is 0 Å². The van der Waals surface area contributed by atoms with Gasteiger partial charge in [0.1, 0.15) is 5.75 Å². The quantitative estimate of drug-likeness (QED) is 0.821. The van der Waals surface area contributed by atoms with Crippen LogP contribution in [-0.2, 0) is 0 Å². The van der Waals surface area contributed by atoms with Crippen molar-refractivity contribution in [1.82, 2.24) is 5.32 Å². The van der Waals surface area contributed by atoms with E-state index >= 15 is 0 Å². The van der Waals surface area contributed by atoms with Crippen molar-refractivity contribution in [3.8, 4) is 5.75 Å². The van der Waals surface area contributed by atoms with Crippen LogP contribution in [0.5, 0.6) is 5.75 Å². The van der Waals surface area contributed by atoms with E-state index in [0.29, 0.717) is 6.04 Å². The fraction of sp³-hybridized carbons (Fsp3) is 0.429. The molecule has 16 heavy (non-hydrogen) atoms. The molecule has 0 spiro atoms. The zero-order valence-electron chi connectivity index (χ0n) is 10.5. The van der Waals surface area contributed by atoms with E-state index in [1.54, 1.807) is 0 Å². The standard InChI is InChI=1S/C14H21NO/c1-11(2)16-14-9-7-13(8-10-14)6-5-12(3)15-4/h5-12,15H,1-4H3/b6-5+. The summed E-state index contributed by atoms with van der Waals surface area (Å²) in [6.45, 7) is 6.18. The Morgan fingerprint density at radius 3 is 2.25 bits per heavy atom. The Morgan fingerprint density at radius 2 is 1.75 bits per heavy atom. The molecule has 0 amide bonds. The Kier molecular flexibility index (Phi) is 5.06. The number of nitrogens with one attached hydrogen (secondary N) is 1. The fourth-order valence-corrected chi connectivity index (χ4v) is 1.28. The Balaban J connectivity index is 2.61. The minimum absolute atomic E-state index is 0.228. The molecule has 0 aliphatic rings. The second kappa shape index (κ2) is 6.33. The van der Waals surface area contributed by atoms with Gasteiger partial charge in [-0.05, 0) is 45.5 Å². The first-order valence-corrected chi connectivity index (χ1v) is 5.74. The van der Waals surface area contributed by atoms with Crippen LogP contribution in [0.15, 0.2) is 30.3 Å². The van der Waals surface area contributed by atoms with Crippen molar-refractivity contribution >= 4 is 6.08 Å². The van der Waals surface area contributed by atoms with Gasteiger partial charge in [-0.1, -0.05) is 24.3 Å². The summed E-state index contributed by atoms with van der Waals surface area (Å²) in [5.41, 5.74) is 1.19. The second-order valence-electron chi connectivity index (χ2n) is 4.17. The molecule has 0 radical (unpaired) electrons. The molecule has 0 saturated carbocycles. The summed E-state index contributed by atoms with van der Waals surface area (Å²) in [5, 5.41) is 3.16. The van der Waals surface area contributed by atoms with Crippen LogP contribution in [0.3, 0.4) is 0 Å². The molecule has 2 nitrogen and oxygen atoms in total. The molecular formula is C14H21NO. The molecular weight excluding hydrogens is 198 g/mol. The van der Waals surface area contributed by atoms with E-state index < -0.39 is 0 Å². The van der Waals surface area contributed by atoms with E-state index in [9.17, 15) is 0 Å². The predicted octanol–water partition coefficient (Wildman–Crippen LogP) is 3.09. The maximum absolute atomic E-state index is 5.58. The minimum Gasteiger partial charge on any atom is -0.491 e. The molecule has 0 aliphatic carbocycles. The Hall–Kier alpha value is -1.28. The van der Waals surface area contributed by atoms with E-state index in [1.807, 2.05) is 33.0 Å². The van der Waals surface area contributed by atoms with E-state index in [1.165, 1.54) is 5.56 Å². The van der Waals surface area contributed by atoms with Gasteiger partial charge in [0.05, 0.1) is 6.10 Å². The summed E-state index contributed by atoms with van der Waals surface area (Å²) in [4.78, 5) is 0. The van der Waals surface area contributed by atoms with E-state index in [4.69, 9.17) is 4.74 Å². The van der Waals surface area contributed by atoms with Gasteiger partial charge < -0.3 is 10.1 Å². The third-order valence-electron chi connectivity index (χ3n) is 2.28. The lowest BCUT2D eigenvalue weighted by Crippen LogP contribution is -2.17. The minimum atomic E-state index is 0.228. The zero-order valence-corrected chi connectivity index (χ0v) is 10.5. The molecule has 0 fully saturated rings. The molecule has 1 N–H and O–H groups in total. The Bertz CT molecular complexity index is 327. The fourth-order valence-electron chi connectivity index (χ4n) is 1.28. The number of rotatable bonds is 5. The second-order valence-corrected chi connectivity index (χ2v) is 4.17. The van der Waals surface area contributed by atoms with Gasteiger partial charge in [-0.2, -0.15) is 0 Å². The highest BCUT2D eigenvalue weighted by Crippen LogP contribution is 2.14. The number of benzene rings is 1. The van der Waals surface area contributed by atoms with Crippen LogP contribution in [0.2, 0.25) is 0 Å². The van der Waals surface area contributed by atoms with Gasteiger partial charge in [-0.15, -0.1) is 0 Å². The van der Waals surface area contributed by atoms with Crippen LogP contribution in [0.1, 0.15) is 26.3 Å². The number of hydrogen-bond acceptors (Lipinski definition) is 2. The van der Waals surface area contributed by atoms with Gasteiger partial charge >= 0.3 is 0 Å². The van der Waals surface area contributed by atoms with Crippen LogP contribution in [0.4, 0.5) is 0 Å². The molecule has 0 bridgehead atoms. The number of hydrogen-bond donors (Lipinski definition) is 1. The molecule has 1 aromatic carbocycles. The first-order valence-electron chi connectivity index (χ1n) is 5.74. The van der Waals surface area contributed by atoms with Crippen LogP contribution < -0.4 is 10.1 Å². The lowest BCUT2D eigenvalue weighted by Gasteiger charge is -2.09. The van der Waals surface area contributed by atoms with Crippen molar-refractivity contribution in [3.63, 3.8) is 0 Å². The summed E-state index contributed by atoms with van der Waals surface area (Å²) in [6, 6.07) is 8.53. The van der Waals surface area contributed by atoms with E-state index in [0.717, 1.165) is 5.75 Å². The summed E-state index contributed by atoms with van der Waals surface area (Å²) in [5.74, 6) is 0.925. The summed E-state index contributed by atoms with van der Waals surface area (Å²) < 4.78 is 5.58. The largest absolute Gasteiger partial charge is 0.491 e. The lowest BCUT2D eigenvalue weighted by molar-refractivity contribution is 0.242. The van der Waals surface area contributed by atoms with Crippen LogP contribution in [0.25, 0.3) is 6.08 Å². The first kappa shape index (κ1) is 12.8. The SMILES string of the molecule is CNC(C)/C=C/c1ccc(OC(C)C)cc1. The molecule has 1 unspecified atom stereocenters. The van der Waals surface area contributed by atoms with E-state index in [2.05, 4.69) is 36.5 Å². The number of ether oxygens (including phenoxy) is 1. The van der Waals surface area contributed by atoms with Crippen molar-refractivity contribution < 1.29 is 4.74 Å². The molecule has 0 aromatic heterocycles. The summed E-state index contributed by atoms with van der Waals surface area (Å²) in [6.07, 6.45) is 4.48. The predicted molar refractivity (Wildman–Crippen MR) is 69.8 cm³/mol. The highest BCUT2D eigenvalue weighted by molar-refractivity contribution is 5.51.